The van der Waals surface area contributed by atoms with E-state index in [4.69, 9.17) is 26.4 Å². The number of amides is 1. The monoisotopic (exact) mass is 582 g/mol. The number of hydrogen-bond acceptors (Lipinski definition) is 9. The molecule has 0 saturated heterocycles. The molecule has 10 nitrogen and oxygen atoms in total. The largest absolute Gasteiger partial charge is 0.365 e. The fourth-order valence-electron chi connectivity index (χ4n) is 3.24. The zero-order valence-electron chi connectivity index (χ0n) is 21.4. The van der Waals surface area contributed by atoms with Gasteiger partial charge in [0.15, 0.2) is 0 Å². The fraction of sp³-hybridized carbons (Fsp3) is 0.0323. The average Bonchev–Trinajstić information content (AvgIpc) is 3.69. The Bertz CT molecular complexity index is 1660. The lowest BCUT2D eigenvalue weighted by atomic mass is 10.2. The number of benzene rings is 4. The minimum Gasteiger partial charge on any atom is -0.365 e. The molecule has 0 fully saturated rings. The predicted molar refractivity (Wildman–Crippen MR) is 162 cm³/mol. The van der Waals surface area contributed by atoms with E-state index in [1.165, 1.54) is 0 Å². The lowest BCUT2D eigenvalue weighted by Crippen LogP contribution is -2.12. The van der Waals surface area contributed by atoms with Gasteiger partial charge in [-0.3, -0.25) is 14.9 Å². The van der Waals surface area contributed by atoms with Gasteiger partial charge in [-0.1, -0.05) is 92.4 Å². The van der Waals surface area contributed by atoms with Crippen LogP contribution in [0.25, 0.3) is 22.9 Å². The number of carbonyl (C=O) groups excluding carboxylic acids is 2. The minimum atomic E-state index is -0.407. The molecule has 2 aromatic heterocycles. The van der Waals surface area contributed by atoms with Crippen LogP contribution in [0.3, 0.4) is 0 Å². The highest BCUT2D eigenvalue weighted by Crippen LogP contribution is 2.18. The summed E-state index contributed by atoms with van der Waals surface area (Å²) in [5, 5.41) is 9.41. The topological polar surface area (TPSA) is 150 Å². The van der Waals surface area contributed by atoms with Crippen molar-refractivity contribution in [1.82, 2.24) is 20.3 Å². The van der Waals surface area contributed by atoms with Crippen LogP contribution in [0.5, 0.6) is 0 Å². The first-order chi connectivity index (χ1) is 20.0. The van der Waals surface area contributed by atoms with E-state index in [1.807, 2.05) is 72.8 Å². The molecule has 0 unspecified atom stereocenters. The molecule has 42 heavy (non-hydrogen) atoms. The van der Waals surface area contributed by atoms with E-state index < -0.39 is 5.24 Å². The van der Waals surface area contributed by atoms with Gasteiger partial charge in [-0.15, -0.1) is 0 Å². The van der Waals surface area contributed by atoms with E-state index in [0.717, 1.165) is 11.1 Å². The van der Waals surface area contributed by atoms with Crippen LogP contribution in [-0.2, 0) is 0 Å². The maximum absolute atomic E-state index is 11.9. The van der Waals surface area contributed by atoms with Crippen LogP contribution in [0.4, 0.5) is 11.9 Å². The number of nitrogens with one attached hydrogen (secondary N) is 1. The molecule has 6 rings (SSSR count). The van der Waals surface area contributed by atoms with Gasteiger partial charge in [-0.2, -0.15) is 9.97 Å². The fourth-order valence-corrected chi connectivity index (χ4v) is 3.36. The second-order valence-corrected chi connectivity index (χ2v) is 8.42. The number of hydrogen-bond donors (Lipinski definition) is 2. The van der Waals surface area contributed by atoms with Gasteiger partial charge in [0.05, 0.1) is 0 Å². The van der Waals surface area contributed by atoms with Crippen molar-refractivity contribution in [3.05, 3.63) is 132 Å². The highest BCUT2D eigenvalue weighted by Gasteiger charge is 2.12. The molecule has 2 heterocycles. The first-order valence-corrected chi connectivity index (χ1v) is 12.5. The summed E-state index contributed by atoms with van der Waals surface area (Å²) in [4.78, 5) is 30.4. The number of nitrogens with two attached hydrogens (primary N) is 1. The Morgan fingerprint density at radius 3 is 1.48 bits per heavy atom. The van der Waals surface area contributed by atoms with Crippen LogP contribution >= 0.6 is 11.6 Å². The average molecular weight is 583 g/mol. The summed E-state index contributed by atoms with van der Waals surface area (Å²) in [7, 11) is 0. The number of aromatic nitrogens is 4. The lowest BCUT2D eigenvalue weighted by Gasteiger charge is -1.98. The zero-order chi connectivity index (χ0) is 28.9. The maximum Gasteiger partial charge on any atom is 0.270 e. The van der Waals surface area contributed by atoms with Crippen LogP contribution in [0, 0.1) is 0 Å². The Labute approximate surface area is 247 Å². The van der Waals surface area contributed by atoms with Gasteiger partial charge >= 0.3 is 0 Å². The molecule has 0 aliphatic rings. The third kappa shape index (κ3) is 9.25. The molecule has 1 amide bonds. The van der Waals surface area contributed by atoms with Crippen LogP contribution in [0.15, 0.2) is 130 Å². The number of halogens is 1. The highest BCUT2D eigenvalue weighted by molar-refractivity contribution is 6.67. The molecule has 0 spiro atoms. The van der Waals surface area contributed by atoms with Crippen molar-refractivity contribution in [3.8, 4) is 22.9 Å². The molecule has 0 aliphatic heterocycles. The van der Waals surface area contributed by atoms with Crippen molar-refractivity contribution in [2.24, 2.45) is 0 Å². The van der Waals surface area contributed by atoms with Crippen LogP contribution in [0.2, 0.25) is 0 Å². The van der Waals surface area contributed by atoms with Crippen molar-refractivity contribution in [2.45, 2.75) is 7.43 Å². The molecule has 3 N–H and O–H groups in total. The highest BCUT2D eigenvalue weighted by atomic mass is 35.5. The third-order valence-corrected chi connectivity index (χ3v) is 5.39. The van der Waals surface area contributed by atoms with E-state index in [2.05, 4.69) is 25.6 Å². The van der Waals surface area contributed by atoms with Gasteiger partial charge in [-0.25, -0.2) is 0 Å². The van der Waals surface area contributed by atoms with Gasteiger partial charge in [0.1, 0.15) is 0 Å². The Kier molecular flexibility index (Phi) is 11.7. The molecule has 11 heteroatoms. The Morgan fingerprint density at radius 2 is 1.05 bits per heavy atom. The summed E-state index contributed by atoms with van der Waals surface area (Å²) in [5.74, 6) is 0.861. The smallest absolute Gasteiger partial charge is 0.270 e. The summed E-state index contributed by atoms with van der Waals surface area (Å²) in [6.07, 6.45) is 0. The van der Waals surface area contributed by atoms with E-state index in [9.17, 15) is 9.59 Å². The number of nitrogen functional groups attached to an aromatic ring is 1. The number of carbonyl (C=O) groups is 2. The third-order valence-electron chi connectivity index (χ3n) is 5.17. The van der Waals surface area contributed by atoms with Crippen molar-refractivity contribution in [1.29, 1.82) is 0 Å². The molecule has 0 aliphatic carbocycles. The summed E-state index contributed by atoms with van der Waals surface area (Å²) in [6.45, 7) is 0. The van der Waals surface area contributed by atoms with Crippen molar-refractivity contribution >= 4 is 34.6 Å². The molecule has 0 bridgehead atoms. The molecule has 0 radical (unpaired) electrons. The normalized spacial score (nSPS) is 9.64. The first kappa shape index (κ1) is 30.9. The molecule has 212 valence electrons. The predicted octanol–water partition coefficient (Wildman–Crippen LogP) is 7.01. The lowest BCUT2D eigenvalue weighted by molar-refractivity contribution is 0.102. The zero-order valence-corrected chi connectivity index (χ0v) is 22.2. The summed E-state index contributed by atoms with van der Waals surface area (Å²) in [6, 6.07) is 36.4. The second-order valence-electron chi connectivity index (χ2n) is 8.07. The summed E-state index contributed by atoms with van der Waals surface area (Å²) < 4.78 is 9.98. The SMILES string of the molecule is C.Nc1noc(-c2ccccc2)n1.O=C(Cl)c1ccccc1.O=C(Nc1noc(-c2ccccc2)n1)c1ccccc1. The van der Waals surface area contributed by atoms with Gasteiger partial charge in [0, 0.05) is 22.3 Å². The van der Waals surface area contributed by atoms with Crippen molar-refractivity contribution in [3.63, 3.8) is 0 Å². The van der Waals surface area contributed by atoms with Gasteiger partial charge in [0.2, 0.25) is 0 Å². The van der Waals surface area contributed by atoms with Gasteiger partial charge in [0.25, 0.3) is 34.8 Å². The molecular weight excluding hydrogens is 556 g/mol. The van der Waals surface area contributed by atoms with Crippen LogP contribution < -0.4 is 11.1 Å². The Balaban J connectivity index is 0.000000188. The minimum absolute atomic E-state index is 0. The van der Waals surface area contributed by atoms with E-state index in [0.29, 0.717) is 22.9 Å². The first-order valence-electron chi connectivity index (χ1n) is 12.1. The molecule has 6 aromatic rings. The van der Waals surface area contributed by atoms with Crippen molar-refractivity contribution < 1.29 is 18.6 Å². The van der Waals surface area contributed by atoms with Crippen LogP contribution in [-0.4, -0.2) is 31.4 Å². The van der Waals surface area contributed by atoms with E-state index in [1.54, 1.807) is 48.5 Å². The van der Waals surface area contributed by atoms with Crippen molar-refractivity contribution in [2.75, 3.05) is 11.1 Å². The standard InChI is InChI=1S/C15H11N3O2.C8H7N3O.C7H5ClO.CH4/c19-13(11-7-3-1-4-8-11)16-15-17-14(20-18-15)12-9-5-2-6-10-12;9-8-10-7(12-11-8)6-4-2-1-3-5-6;8-7(9)6-4-2-1-3-5-6;/h1-10H,(H,16,18,19);1-5H,(H2,9,11);1-5H;1H4. The molecule has 4 aromatic carbocycles. The number of rotatable bonds is 5. The number of anilines is 2. The quantitative estimate of drug-likeness (QED) is 0.204. The second kappa shape index (κ2) is 15.8. The number of nitrogens with zero attached hydrogens (tertiary/aromatic N) is 4. The van der Waals surface area contributed by atoms with Crippen LogP contribution in [0.1, 0.15) is 28.1 Å². The molecule has 0 atom stereocenters. The van der Waals surface area contributed by atoms with Gasteiger partial charge < -0.3 is 14.8 Å². The molecular formula is C31H27ClN6O4. The van der Waals surface area contributed by atoms with E-state index >= 15 is 0 Å². The summed E-state index contributed by atoms with van der Waals surface area (Å²) in [5.41, 5.74) is 8.06. The maximum atomic E-state index is 11.9. The van der Waals surface area contributed by atoms with Gasteiger partial charge in [-0.05, 0) is 58.3 Å². The summed E-state index contributed by atoms with van der Waals surface area (Å²) >= 11 is 5.16. The van der Waals surface area contributed by atoms with E-state index in [-0.39, 0.29) is 25.2 Å². The Morgan fingerprint density at radius 1 is 0.619 bits per heavy atom. The molecule has 0 saturated carbocycles. The Hall–Kier alpha value is -5.61.